The van der Waals surface area contributed by atoms with E-state index in [0.29, 0.717) is 6.42 Å². The monoisotopic (exact) mass is 738 g/mol. The average Bonchev–Trinajstić information content (AvgIpc) is 3.68. The van der Waals surface area contributed by atoms with Gasteiger partial charge in [0.2, 0.25) is 11.6 Å². The number of hydrogen-bond acceptors (Lipinski definition) is 6. The molecule has 7 rings (SSSR count). The molecule has 276 valence electrons. The summed E-state index contributed by atoms with van der Waals surface area (Å²) in [6.07, 6.45) is -1.28. The number of nitrogens with one attached hydrogen (secondary N) is 2. The van der Waals surface area contributed by atoms with Crippen molar-refractivity contribution in [2.75, 3.05) is 19.8 Å². The zero-order valence-corrected chi connectivity index (χ0v) is 28.8. The van der Waals surface area contributed by atoms with Crippen molar-refractivity contribution in [3.05, 3.63) is 149 Å². The standard InChI is InChI=1S/C42H34F4N2O6/c43-34-21-35(44)39(38(46)37(34)45)54-40(49)36(48-42(51)53-23-33-30-17-7-3-13-26(30)27-14-4-8-18-31(27)33)19-9-10-20-47-41(50)52-22-32-28-15-5-1-11-24(28)25-12-2-6-16-29(25)32/h1-8,11-18,21,32-33,36H,9-10,19-20,22-23H2,(H,47,50)(H,48,51)/t36-/m0/s1. The Morgan fingerprint density at radius 2 is 1.06 bits per heavy atom. The highest BCUT2D eigenvalue weighted by Gasteiger charge is 2.32. The number of fused-ring (bicyclic) bond motifs is 6. The van der Waals surface area contributed by atoms with Crippen molar-refractivity contribution in [2.24, 2.45) is 0 Å². The van der Waals surface area contributed by atoms with Gasteiger partial charge in [-0.2, -0.15) is 4.39 Å². The van der Waals surface area contributed by atoms with Crippen LogP contribution in [0.3, 0.4) is 0 Å². The zero-order chi connectivity index (χ0) is 37.8. The summed E-state index contributed by atoms with van der Waals surface area (Å²) in [4.78, 5) is 38.8. The van der Waals surface area contributed by atoms with E-state index in [2.05, 4.69) is 10.6 Å². The Hall–Kier alpha value is -6.17. The summed E-state index contributed by atoms with van der Waals surface area (Å²) in [5.41, 5.74) is 8.24. The number of benzene rings is 5. The van der Waals surface area contributed by atoms with Crippen molar-refractivity contribution < 1.29 is 46.2 Å². The molecule has 8 nitrogen and oxygen atoms in total. The molecule has 0 bridgehead atoms. The molecular formula is C42H34F4N2O6. The molecule has 2 aliphatic rings. The van der Waals surface area contributed by atoms with Gasteiger partial charge in [0.05, 0.1) is 0 Å². The Bertz CT molecular complexity index is 2140. The van der Waals surface area contributed by atoms with Crippen molar-refractivity contribution in [1.82, 2.24) is 10.6 Å². The first-order valence-electron chi connectivity index (χ1n) is 17.5. The predicted octanol–water partition coefficient (Wildman–Crippen LogP) is 8.76. The van der Waals surface area contributed by atoms with Gasteiger partial charge in [0.15, 0.2) is 17.5 Å². The Balaban J connectivity index is 0.951. The lowest BCUT2D eigenvalue weighted by molar-refractivity contribution is -0.137. The van der Waals surface area contributed by atoms with Gasteiger partial charge in [-0.05, 0) is 63.8 Å². The minimum absolute atomic E-state index is 0.0456. The maximum atomic E-state index is 14.4. The highest BCUT2D eigenvalue weighted by Crippen LogP contribution is 2.45. The van der Waals surface area contributed by atoms with E-state index in [1.54, 1.807) is 0 Å². The molecular weight excluding hydrogens is 704 g/mol. The average molecular weight is 739 g/mol. The summed E-state index contributed by atoms with van der Waals surface area (Å²) in [5, 5.41) is 5.05. The number of amides is 2. The number of esters is 1. The molecule has 2 N–H and O–H groups in total. The molecule has 0 saturated carbocycles. The van der Waals surface area contributed by atoms with Gasteiger partial charge >= 0.3 is 18.2 Å². The van der Waals surface area contributed by atoms with Gasteiger partial charge in [-0.15, -0.1) is 0 Å². The lowest BCUT2D eigenvalue weighted by Gasteiger charge is -2.19. The van der Waals surface area contributed by atoms with Gasteiger partial charge < -0.3 is 24.8 Å². The quantitative estimate of drug-likeness (QED) is 0.0332. The number of unbranched alkanes of at least 4 members (excludes halogenated alkanes) is 1. The molecule has 12 heteroatoms. The summed E-state index contributed by atoms with van der Waals surface area (Å²) < 4.78 is 72.0. The van der Waals surface area contributed by atoms with Crippen molar-refractivity contribution >= 4 is 18.2 Å². The van der Waals surface area contributed by atoms with E-state index < -0.39 is 53.2 Å². The first-order chi connectivity index (χ1) is 26.2. The van der Waals surface area contributed by atoms with Crippen LogP contribution >= 0.6 is 0 Å². The molecule has 0 aliphatic heterocycles. The molecule has 0 saturated heterocycles. The van der Waals surface area contributed by atoms with Gasteiger partial charge in [-0.25, -0.2) is 27.6 Å². The van der Waals surface area contributed by atoms with E-state index in [4.69, 9.17) is 14.2 Å². The smallest absolute Gasteiger partial charge is 0.407 e. The summed E-state index contributed by atoms with van der Waals surface area (Å²) in [7, 11) is 0. The van der Waals surface area contributed by atoms with Crippen LogP contribution in [0.25, 0.3) is 22.3 Å². The van der Waals surface area contributed by atoms with Crippen LogP contribution in [0, 0.1) is 23.3 Å². The van der Waals surface area contributed by atoms with Crippen molar-refractivity contribution in [2.45, 2.75) is 37.1 Å². The third-order valence-electron chi connectivity index (χ3n) is 9.73. The highest BCUT2D eigenvalue weighted by molar-refractivity contribution is 5.83. The maximum Gasteiger partial charge on any atom is 0.407 e. The Kier molecular flexibility index (Phi) is 10.6. The topological polar surface area (TPSA) is 103 Å². The first-order valence-corrected chi connectivity index (χ1v) is 17.5. The molecule has 5 aromatic carbocycles. The molecule has 5 aromatic rings. The number of rotatable bonds is 12. The Morgan fingerprint density at radius 1 is 0.593 bits per heavy atom. The lowest BCUT2D eigenvalue weighted by Crippen LogP contribution is -2.44. The molecule has 1 atom stereocenters. The number of halogens is 4. The van der Waals surface area contributed by atoms with E-state index in [1.807, 2.05) is 97.1 Å². The second kappa shape index (κ2) is 15.8. The summed E-state index contributed by atoms with van der Waals surface area (Å²) in [6.45, 7) is 0.170. The highest BCUT2D eigenvalue weighted by atomic mass is 19.2. The van der Waals surface area contributed by atoms with Crippen LogP contribution in [0.5, 0.6) is 5.75 Å². The third-order valence-corrected chi connectivity index (χ3v) is 9.73. The van der Waals surface area contributed by atoms with Crippen LogP contribution < -0.4 is 15.4 Å². The molecule has 0 fully saturated rings. The van der Waals surface area contributed by atoms with Gasteiger partial charge in [0, 0.05) is 24.4 Å². The third kappa shape index (κ3) is 7.36. The summed E-state index contributed by atoms with van der Waals surface area (Å²) >= 11 is 0. The molecule has 0 radical (unpaired) electrons. The number of alkyl carbamates (subject to hydrolysis) is 2. The predicted molar refractivity (Wildman–Crippen MR) is 191 cm³/mol. The Morgan fingerprint density at radius 3 is 1.56 bits per heavy atom. The van der Waals surface area contributed by atoms with E-state index in [9.17, 15) is 31.9 Å². The van der Waals surface area contributed by atoms with Crippen LogP contribution in [-0.4, -0.2) is 44.0 Å². The number of carbonyl (C=O) groups excluding carboxylic acids is 3. The second-order valence-electron chi connectivity index (χ2n) is 13.0. The Labute approximate surface area is 308 Å². The largest absolute Gasteiger partial charge is 0.449 e. The normalized spacial score (nSPS) is 13.3. The van der Waals surface area contributed by atoms with Crippen LogP contribution in [0.1, 0.15) is 53.4 Å². The van der Waals surface area contributed by atoms with Crippen LogP contribution in [0.15, 0.2) is 103 Å². The van der Waals surface area contributed by atoms with Crippen LogP contribution in [-0.2, 0) is 14.3 Å². The van der Waals surface area contributed by atoms with Gasteiger partial charge in [0.1, 0.15) is 19.3 Å². The molecule has 0 spiro atoms. The minimum Gasteiger partial charge on any atom is -0.449 e. The van der Waals surface area contributed by atoms with Gasteiger partial charge in [0.25, 0.3) is 0 Å². The number of ether oxygens (including phenoxy) is 3. The lowest BCUT2D eigenvalue weighted by atomic mass is 9.98. The van der Waals surface area contributed by atoms with Crippen molar-refractivity contribution in [1.29, 1.82) is 0 Å². The molecule has 0 unspecified atom stereocenters. The number of hydrogen-bond donors (Lipinski definition) is 2. The van der Waals surface area contributed by atoms with Gasteiger partial charge in [-0.1, -0.05) is 97.1 Å². The van der Waals surface area contributed by atoms with Crippen LogP contribution in [0.2, 0.25) is 0 Å². The van der Waals surface area contributed by atoms with E-state index in [0.717, 1.165) is 44.5 Å². The second-order valence-corrected chi connectivity index (χ2v) is 13.0. The molecule has 2 aliphatic carbocycles. The van der Waals surface area contributed by atoms with E-state index >= 15 is 0 Å². The zero-order valence-electron chi connectivity index (χ0n) is 28.8. The summed E-state index contributed by atoms with van der Waals surface area (Å²) in [6, 6.07) is 29.8. The fourth-order valence-electron chi connectivity index (χ4n) is 7.16. The van der Waals surface area contributed by atoms with Crippen molar-refractivity contribution in [3.8, 4) is 28.0 Å². The van der Waals surface area contributed by atoms with Crippen LogP contribution in [0.4, 0.5) is 27.2 Å². The first kappa shape index (κ1) is 36.2. The van der Waals surface area contributed by atoms with E-state index in [1.165, 1.54) is 0 Å². The molecule has 2 amide bonds. The number of carbonyl (C=O) groups is 3. The summed E-state index contributed by atoms with van der Waals surface area (Å²) in [5.74, 6) is -10.7. The molecule has 54 heavy (non-hydrogen) atoms. The molecule has 0 aromatic heterocycles. The maximum absolute atomic E-state index is 14.4. The van der Waals surface area contributed by atoms with Crippen molar-refractivity contribution in [3.63, 3.8) is 0 Å². The fourth-order valence-corrected chi connectivity index (χ4v) is 7.16. The SMILES string of the molecule is O=C(NCCCC[C@H](NC(=O)OCC1c2ccccc2-c2ccccc21)C(=O)Oc1c(F)cc(F)c(F)c1F)OCC1c2ccccc2-c2ccccc21. The minimum atomic E-state index is -2.03. The van der Waals surface area contributed by atoms with Gasteiger partial charge in [-0.3, -0.25) is 0 Å². The molecule has 0 heterocycles. The van der Waals surface area contributed by atoms with E-state index in [-0.39, 0.29) is 50.5 Å². The fraction of sp³-hybridized carbons (Fsp3) is 0.214.